The number of sulfonamides is 1. The molecule has 0 amide bonds. The van der Waals surface area contributed by atoms with Gasteiger partial charge in [0.15, 0.2) is 0 Å². The molecule has 106 valence electrons. The van der Waals surface area contributed by atoms with Crippen molar-refractivity contribution in [3.63, 3.8) is 0 Å². The van der Waals surface area contributed by atoms with Crippen molar-refractivity contribution in [2.75, 3.05) is 27.2 Å². The molecule has 0 spiro atoms. The van der Waals surface area contributed by atoms with Gasteiger partial charge in [0.1, 0.15) is 10.6 Å². The Hall–Kier alpha value is -1.11. The van der Waals surface area contributed by atoms with Crippen LogP contribution in [0.4, 0.5) is 0 Å². The van der Waals surface area contributed by atoms with E-state index in [4.69, 9.17) is 4.74 Å². The van der Waals surface area contributed by atoms with Gasteiger partial charge in [0, 0.05) is 13.1 Å². The Bertz CT molecular complexity index is 524. The molecule has 6 heteroatoms. The summed E-state index contributed by atoms with van der Waals surface area (Å²) in [5, 5.41) is 3.24. The summed E-state index contributed by atoms with van der Waals surface area (Å²) in [6.07, 6.45) is 1.68. The second-order valence-electron chi connectivity index (χ2n) is 4.65. The number of para-hydroxylation sites is 1. The van der Waals surface area contributed by atoms with Gasteiger partial charge in [-0.15, -0.1) is 0 Å². The molecule has 1 fully saturated rings. The quantitative estimate of drug-likeness (QED) is 0.898. The lowest BCUT2D eigenvalue weighted by atomic mass is 10.1. The van der Waals surface area contributed by atoms with Crippen molar-refractivity contribution >= 4 is 10.0 Å². The van der Waals surface area contributed by atoms with Crippen molar-refractivity contribution in [2.24, 2.45) is 0 Å². The fourth-order valence-corrected chi connectivity index (χ4v) is 3.92. The van der Waals surface area contributed by atoms with E-state index in [1.165, 1.54) is 11.4 Å². The number of nitrogens with one attached hydrogen (secondary N) is 1. The molecule has 1 heterocycles. The van der Waals surface area contributed by atoms with Gasteiger partial charge < -0.3 is 10.1 Å². The molecule has 5 nitrogen and oxygen atoms in total. The molecule has 0 aromatic heterocycles. The maximum Gasteiger partial charge on any atom is 0.246 e. The minimum absolute atomic E-state index is 0.0520. The minimum Gasteiger partial charge on any atom is -0.495 e. The molecule has 1 aliphatic heterocycles. The van der Waals surface area contributed by atoms with Crippen LogP contribution in [0.15, 0.2) is 29.2 Å². The smallest absolute Gasteiger partial charge is 0.246 e. The Morgan fingerprint density at radius 3 is 2.53 bits per heavy atom. The Kier molecular flexibility index (Phi) is 4.44. The predicted molar refractivity (Wildman–Crippen MR) is 73.8 cm³/mol. The molecule has 1 N–H and O–H groups in total. The van der Waals surface area contributed by atoms with Gasteiger partial charge in [0.05, 0.1) is 7.11 Å². The maximum absolute atomic E-state index is 12.6. The highest BCUT2D eigenvalue weighted by molar-refractivity contribution is 7.89. The predicted octanol–water partition coefficient (Wildman–Crippen LogP) is 1.07. The fourth-order valence-electron chi connectivity index (χ4n) is 2.35. The Labute approximate surface area is 114 Å². The zero-order chi connectivity index (χ0) is 13.9. The normalized spacial score (nSPS) is 17.6. The van der Waals surface area contributed by atoms with Gasteiger partial charge >= 0.3 is 0 Å². The number of methoxy groups -OCH3 is 1. The monoisotopic (exact) mass is 284 g/mol. The summed E-state index contributed by atoms with van der Waals surface area (Å²) in [7, 11) is -0.365. The van der Waals surface area contributed by atoms with Crippen LogP contribution in [-0.2, 0) is 10.0 Å². The van der Waals surface area contributed by atoms with Crippen LogP contribution in [0.25, 0.3) is 0 Å². The number of hydrogen-bond acceptors (Lipinski definition) is 4. The largest absolute Gasteiger partial charge is 0.495 e. The van der Waals surface area contributed by atoms with Crippen LogP contribution in [0.3, 0.4) is 0 Å². The summed E-state index contributed by atoms with van der Waals surface area (Å²) in [5.41, 5.74) is 0. The number of nitrogens with zero attached hydrogens (tertiary/aromatic N) is 1. The lowest BCUT2D eigenvalue weighted by Crippen LogP contribution is -2.43. The van der Waals surface area contributed by atoms with Crippen LogP contribution < -0.4 is 10.1 Å². The summed E-state index contributed by atoms with van der Waals surface area (Å²) in [6, 6.07) is 6.79. The van der Waals surface area contributed by atoms with Gasteiger partial charge in [-0.1, -0.05) is 12.1 Å². The zero-order valence-electron chi connectivity index (χ0n) is 11.3. The Morgan fingerprint density at radius 1 is 1.26 bits per heavy atom. The molecule has 19 heavy (non-hydrogen) atoms. The van der Waals surface area contributed by atoms with Crippen molar-refractivity contribution < 1.29 is 13.2 Å². The maximum atomic E-state index is 12.6. The SMILES string of the molecule is COc1ccccc1S(=O)(=O)N(C)C1CCNCC1. The molecule has 0 radical (unpaired) electrons. The molecule has 1 aliphatic rings. The minimum atomic E-state index is -3.50. The van der Waals surface area contributed by atoms with E-state index in [2.05, 4.69) is 5.32 Å². The molecule has 0 unspecified atom stereocenters. The van der Waals surface area contributed by atoms with Crippen LogP contribution in [0.2, 0.25) is 0 Å². The topological polar surface area (TPSA) is 58.6 Å². The number of benzene rings is 1. The van der Waals surface area contributed by atoms with Crippen LogP contribution in [0.1, 0.15) is 12.8 Å². The third-order valence-electron chi connectivity index (χ3n) is 3.55. The van der Waals surface area contributed by atoms with Gasteiger partial charge in [0.2, 0.25) is 10.0 Å². The third-order valence-corrected chi connectivity index (χ3v) is 5.50. The van der Waals surface area contributed by atoms with E-state index in [9.17, 15) is 8.42 Å². The standard InChI is InChI=1S/C13H20N2O3S/c1-15(11-7-9-14-10-8-11)19(16,17)13-6-4-3-5-12(13)18-2/h3-6,11,14H,7-10H2,1-2H3. The van der Waals surface area contributed by atoms with Crippen LogP contribution in [-0.4, -0.2) is 46.0 Å². The second-order valence-corrected chi connectivity index (χ2v) is 6.62. The molecule has 0 saturated carbocycles. The highest BCUT2D eigenvalue weighted by Crippen LogP contribution is 2.27. The molecule has 2 rings (SSSR count). The average Bonchev–Trinajstić information content (AvgIpc) is 2.47. The van der Waals surface area contributed by atoms with Crippen LogP contribution >= 0.6 is 0 Å². The summed E-state index contributed by atoms with van der Waals surface area (Å²) in [5.74, 6) is 0.392. The third kappa shape index (κ3) is 2.91. The molecule has 0 aliphatic carbocycles. The lowest BCUT2D eigenvalue weighted by molar-refractivity contribution is 0.295. The second kappa shape index (κ2) is 5.90. The molecule has 1 aromatic carbocycles. The van der Waals surface area contributed by atoms with E-state index in [0.29, 0.717) is 5.75 Å². The van der Waals surface area contributed by atoms with E-state index in [1.54, 1.807) is 31.3 Å². The number of ether oxygens (including phenoxy) is 1. The molecule has 0 atom stereocenters. The average molecular weight is 284 g/mol. The lowest BCUT2D eigenvalue weighted by Gasteiger charge is -2.31. The van der Waals surface area contributed by atoms with E-state index >= 15 is 0 Å². The highest BCUT2D eigenvalue weighted by atomic mass is 32.2. The van der Waals surface area contributed by atoms with E-state index in [1.807, 2.05) is 0 Å². The van der Waals surface area contributed by atoms with Gasteiger partial charge in [-0.3, -0.25) is 0 Å². The summed E-state index contributed by atoms with van der Waals surface area (Å²) < 4.78 is 31.9. The first-order valence-corrected chi connectivity index (χ1v) is 7.83. The number of hydrogen-bond donors (Lipinski definition) is 1. The number of rotatable bonds is 4. The van der Waals surface area contributed by atoms with Crippen molar-refractivity contribution in [3.05, 3.63) is 24.3 Å². The van der Waals surface area contributed by atoms with Gasteiger partial charge in [-0.2, -0.15) is 4.31 Å². The first kappa shape index (κ1) is 14.3. The first-order chi connectivity index (χ1) is 9.07. The molecule has 1 aromatic rings. The summed E-state index contributed by atoms with van der Waals surface area (Å²) >= 11 is 0. The summed E-state index contributed by atoms with van der Waals surface area (Å²) in [6.45, 7) is 1.72. The van der Waals surface area contributed by atoms with Gasteiger partial charge in [-0.05, 0) is 38.1 Å². The van der Waals surface area contributed by atoms with Gasteiger partial charge in [0.25, 0.3) is 0 Å². The van der Waals surface area contributed by atoms with E-state index in [0.717, 1.165) is 25.9 Å². The van der Waals surface area contributed by atoms with Crippen molar-refractivity contribution in [1.82, 2.24) is 9.62 Å². The van der Waals surface area contributed by atoms with Crippen LogP contribution in [0, 0.1) is 0 Å². The Balaban J connectivity index is 2.30. The summed E-state index contributed by atoms with van der Waals surface area (Å²) in [4.78, 5) is 0.235. The van der Waals surface area contributed by atoms with Crippen LogP contribution in [0.5, 0.6) is 5.75 Å². The first-order valence-electron chi connectivity index (χ1n) is 6.39. The molecular weight excluding hydrogens is 264 g/mol. The van der Waals surface area contributed by atoms with Crippen molar-refractivity contribution in [1.29, 1.82) is 0 Å². The van der Waals surface area contributed by atoms with Crippen molar-refractivity contribution in [3.8, 4) is 5.75 Å². The van der Waals surface area contributed by atoms with E-state index in [-0.39, 0.29) is 10.9 Å². The zero-order valence-corrected chi connectivity index (χ0v) is 12.1. The molecule has 0 bridgehead atoms. The van der Waals surface area contributed by atoms with Gasteiger partial charge in [-0.25, -0.2) is 8.42 Å². The fraction of sp³-hybridized carbons (Fsp3) is 0.538. The highest BCUT2D eigenvalue weighted by Gasteiger charge is 2.30. The van der Waals surface area contributed by atoms with E-state index < -0.39 is 10.0 Å². The number of piperidine rings is 1. The molecule has 1 saturated heterocycles. The Morgan fingerprint density at radius 2 is 1.89 bits per heavy atom. The van der Waals surface area contributed by atoms with Crippen molar-refractivity contribution in [2.45, 2.75) is 23.8 Å². The molecular formula is C13H20N2O3S.